The van der Waals surface area contributed by atoms with Gasteiger partial charge in [-0.2, -0.15) is 0 Å². The first-order chi connectivity index (χ1) is 8.97. The van der Waals surface area contributed by atoms with Crippen molar-refractivity contribution in [1.82, 2.24) is 4.98 Å². The third kappa shape index (κ3) is 3.12. The van der Waals surface area contributed by atoms with E-state index in [4.69, 9.17) is 0 Å². The van der Waals surface area contributed by atoms with Crippen LogP contribution in [-0.4, -0.2) is 16.0 Å². The van der Waals surface area contributed by atoms with Gasteiger partial charge in [0.25, 0.3) is 5.91 Å². The van der Waals surface area contributed by atoms with Crippen molar-refractivity contribution in [3.05, 3.63) is 51.8 Å². The molecule has 0 bridgehead atoms. The number of carbonyl (C=O) groups excluding carboxylic acids is 1. The van der Waals surface area contributed by atoms with Gasteiger partial charge < -0.3 is 10.4 Å². The molecule has 0 radical (unpaired) electrons. The first-order valence-corrected chi connectivity index (χ1v) is 6.51. The molecule has 1 heterocycles. The summed E-state index contributed by atoms with van der Waals surface area (Å²) < 4.78 is 0.610. The molecule has 19 heavy (non-hydrogen) atoms. The van der Waals surface area contributed by atoms with Crippen molar-refractivity contribution in [1.29, 1.82) is 0 Å². The molecule has 2 N–H and O–H groups in total. The van der Waals surface area contributed by atoms with Gasteiger partial charge >= 0.3 is 0 Å². The van der Waals surface area contributed by atoms with E-state index in [1.54, 1.807) is 37.3 Å². The van der Waals surface area contributed by atoms with Crippen molar-refractivity contribution in [3.63, 3.8) is 0 Å². The normalized spacial score (nSPS) is 10.3. The standard InChI is InChI=1S/C14H13BrN2O2/c1-8-7-12(18)9(2)6-11(8)17-14(19)10-4-3-5-13(15)16-10/h3-7,18H,1-2H3,(H,17,19). The summed E-state index contributed by atoms with van der Waals surface area (Å²) in [5.41, 5.74) is 2.51. The van der Waals surface area contributed by atoms with E-state index in [1.807, 2.05) is 6.92 Å². The summed E-state index contributed by atoms with van der Waals surface area (Å²) in [7, 11) is 0. The van der Waals surface area contributed by atoms with Gasteiger partial charge in [-0.25, -0.2) is 4.98 Å². The molecule has 0 aliphatic rings. The maximum atomic E-state index is 12.1. The number of carbonyl (C=O) groups is 1. The van der Waals surface area contributed by atoms with E-state index < -0.39 is 0 Å². The molecule has 0 spiro atoms. The van der Waals surface area contributed by atoms with Gasteiger partial charge in [-0.1, -0.05) is 6.07 Å². The fourth-order valence-electron chi connectivity index (χ4n) is 1.66. The number of nitrogens with one attached hydrogen (secondary N) is 1. The molecule has 2 rings (SSSR count). The molecule has 0 saturated heterocycles. The van der Waals surface area contributed by atoms with Crippen LogP contribution >= 0.6 is 15.9 Å². The minimum absolute atomic E-state index is 0.219. The van der Waals surface area contributed by atoms with Crippen molar-refractivity contribution in [2.45, 2.75) is 13.8 Å². The summed E-state index contributed by atoms with van der Waals surface area (Å²) in [6.45, 7) is 3.60. The number of rotatable bonds is 2. The lowest BCUT2D eigenvalue weighted by Crippen LogP contribution is -2.14. The van der Waals surface area contributed by atoms with Gasteiger partial charge in [0.15, 0.2) is 0 Å². The molecule has 0 fully saturated rings. The van der Waals surface area contributed by atoms with Gasteiger partial charge in [0.2, 0.25) is 0 Å². The van der Waals surface area contributed by atoms with E-state index in [0.717, 1.165) is 5.56 Å². The van der Waals surface area contributed by atoms with Crippen molar-refractivity contribution < 1.29 is 9.90 Å². The minimum Gasteiger partial charge on any atom is -0.508 e. The molecule has 1 aromatic carbocycles. The number of pyridine rings is 1. The van der Waals surface area contributed by atoms with Crippen LogP contribution in [0.1, 0.15) is 21.6 Å². The zero-order chi connectivity index (χ0) is 14.0. The Labute approximate surface area is 119 Å². The molecule has 5 heteroatoms. The van der Waals surface area contributed by atoms with Crippen LogP contribution < -0.4 is 5.32 Å². The fraction of sp³-hybridized carbons (Fsp3) is 0.143. The molecule has 0 atom stereocenters. The molecule has 2 aromatic rings. The molecule has 1 amide bonds. The van der Waals surface area contributed by atoms with E-state index in [1.165, 1.54) is 0 Å². The van der Waals surface area contributed by atoms with Crippen LogP contribution in [0.5, 0.6) is 5.75 Å². The van der Waals surface area contributed by atoms with Gasteiger partial charge in [0, 0.05) is 5.69 Å². The number of phenolic OH excluding ortho intramolecular Hbond substituents is 1. The molecule has 0 aliphatic carbocycles. The highest BCUT2D eigenvalue weighted by molar-refractivity contribution is 9.10. The Morgan fingerprint density at radius 2 is 2.00 bits per heavy atom. The predicted molar refractivity (Wildman–Crippen MR) is 77.5 cm³/mol. The Morgan fingerprint density at radius 3 is 2.68 bits per heavy atom. The molecule has 0 saturated carbocycles. The van der Waals surface area contributed by atoms with Gasteiger partial charge in [0.05, 0.1) is 0 Å². The minimum atomic E-state index is -0.283. The highest BCUT2D eigenvalue weighted by atomic mass is 79.9. The lowest BCUT2D eigenvalue weighted by Gasteiger charge is -2.10. The van der Waals surface area contributed by atoms with Crippen LogP contribution in [0.4, 0.5) is 5.69 Å². The predicted octanol–water partition coefficient (Wildman–Crippen LogP) is 3.42. The number of benzene rings is 1. The summed E-state index contributed by atoms with van der Waals surface area (Å²) in [5, 5.41) is 12.4. The number of anilines is 1. The number of aromatic nitrogens is 1. The summed E-state index contributed by atoms with van der Waals surface area (Å²) >= 11 is 3.23. The number of hydrogen-bond donors (Lipinski definition) is 2. The monoisotopic (exact) mass is 320 g/mol. The zero-order valence-corrected chi connectivity index (χ0v) is 12.2. The zero-order valence-electron chi connectivity index (χ0n) is 10.6. The van der Waals surface area contributed by atoms with Gasteiger partial charge in [0.1, 0.15) is 16.0 Å². The number of hydrogen-bond acceptors (Lipinski definition) is 3. The van der Waals surface area contributed by atoms with E-state index in [-0.39, 0.29) is 11.7 Å². The second-order valence-corrected chi connectivity index (χ2v) is 5.07. The van der Waals surface area contributed by atoms with Crippen LogP contribution in [0.25, 0.3) is 0 Å². The van der Waals surface area contributed by atoms with Crippen molar-refractivity contribution >= 4 is 27.5 Å². The lowest BCUT2D eigenvalue weighted by molar-refractivity contribution is 0.102. The first-order valence-electron chi connectivity index (χ1n) is 5.71. The van der Waals surface area contributed by atoms with Gasteiger partial charge in [-0.15, -0.1) is 0 Å². The topological polar surface area (TPSA) is 62.2 Å². The van der Waals surface area contributed by atoms with Crippen LogP contribution in [-0.2, 0) is 0 Å². The van der Waals surface area contributed by atoms with E-state index >= 15 is 0 Å². The highest BCUT2D eigenvalue weighted by Gasteiger charge is 2.10. The first kappa shape index (κ1) is 13.5. The van der Waals surface area contributed by atoms with Crippen LogP contribution in [0, 0.1) is 13.8 Å². The number of halogens is 1. The van der Waals surface area contributed by atoms with Crippen LogP contribution in [0.15, 0.2) is 34.9 Å². The third-order valence-electron chi connectivity index (χ3n) is 2.74. The number of amides is 1. The fourth-order valence-corrected chi connectivity index (χ4v) is 2.00. The number of aryl methyl sites for hydroxylation is 2. The summed E-state index contributed by atoms with van der Waals surface area (Å²) in [6.07, 6.45) is 0. The Morgan fingerprint density at radius 1 is 1.26 bits per heavy atom. The van der Waals surface area contributed by atoms with Crippen LogP contribution in [0.3, 0.4) is 0 Å². The number of nitrogens with zero attached hydrogens (tertiary/aromatic N) is 1. The molecule has 0 aliphatic heterocycles. The maximum Gasteiger partial charge on any atom is 0.274 e. The third-order valence-corrected chi connectivity index (χ3v) is 3.18. The Bertz CT molecular complexity index is 641. The van der Waals surface area contributed by atoms with Gasteiger partial charge in [-0.05, 0) is 65.2 Å². The largest absolute Gasteiger partial charge is 0.508 e. The van der Waals surface area contributed by atoms with Gasteiger partial charge in [-0.3, -0.25) is 4.79 Å². The van der Waals surface area contributed by atoms with E-state index in [9.17, 15) is 9.90 Å². The quantitative estimate of drug-likeness (QED) is 0.658. The average Bonchev–Trinajstić information content (AvgIpc) is 2.36. The molecule has 1 aromatic heterocycles. The summed E-state index contributed by atoms with van der Waals surface area (Å²) in [5.74, 6) is -0.0643. The Kier molecular flexibility index (Phi) is 3.85. The molecule has 0 unspecified atom stereocenters. The number of aromatic hydroxyl groups is 1. The second-order valence-electron chi connectivity index (χ2n) is 4.25. The molecular weight excluding hydrogens is 308 g/mol. The van der Waals surface area contributed by atoms with Crippen molar-refractivity contribution in [2.24, 2.45) is 0 Å². The van der Waals surface area contributed by atoms with Crippen molar-refractivity contribution in [2.75, 3.05) is 5.32 Å². The number of phenols is 1. The molecule has 98 valence electrons. The summed E-state index contributed by atoms with van der Waals surface area (Å²) in [6, 6.07) is 8.51. The SMILES string of the molecule is Cc1cc(NC(=O)c2cccc(Br)n2)c(C)cc1O. The van der Waals surface area contributed by atoms with E-state index in [0.29, 0.717) is 21.5 Å². The molecular formula is C14H13BrN2O2. The molecule has 4 nitrogen and oxygen atoms in total. The highest BCUT2D eigenvalue weighted by Crippen LogP contribution is 2.25. The van der Waals surface area contributed by atoms with Crippen LogP contribution in [0.2, 0.25) is 0 Å². The lowest BCUT2D eigenvalue weighted by atomic mass is 10.1. The Balaban J connectivity index is 2.27. The smallest absolute Gasteiger partial charge is 0.274 e. The van der Waals surface area contributed by atoms with E-state index in [2.05, 4.69) is 26.2 Å². The maximum absolute atomic E-state index is 12.1. The average molecular weight is 321 g/mol. The summed E-state index contributed by atoms with van der Waals surface area (Å²) in [4.78, 5) is 16.2. The van der Waals surface area contributed by atoms with Crippen molar-refractivity contribution in [3.8, 4) is 5.75 Å². The Hall–Kier alpha value is -1.88. The second kappa shape index (κ2) is 5.40.